The molecule has 3 N–H and O–H groups in total. The van der Waals surface area contributed by atoms with Crippen molar-refractivity contribution in [3.8, 4) is 0 Å². The van der Waals surface area contributed by atoms with Crippen LogP contribution in [0.15, 0.2) is 16.7 Å². The summed E-state index contributed by atoms with van der Waals surface area (Å²) in [6.07, 6.45) is 1.65. The van der Waals surface area contributed by atoms with Crippen LogP contribution in [0.2, 0.25) is 0 Å². The van der Waals surface area contributed by atoms with Crippen molar-refractivity contribution in [2.24, 2.45) is 11.7 Å². The predicted molar refractivity (Wildman–Crippen MR) is 68.4 cm³/mol. The van der Waals surface area contributed by atoms with E-state index in [-0.39, 0.29) is 17.4 Å². The quantitative estimate of drug-likeness (QED) is 0.862. The number of anilines is 1. The number of aromatic nitrogens is 1. The van der Waals surface area contributed by atoms with Gasteiger partial charge in [0.15, 0.2) is 0 Å². The fraction of sp³-hybridized carbons (Fsp3) is 0.364. The average molecular weight is 314 g/mol. The summed E-state index contributed by atoms with van der Waals surface area (Å²) in [6.45, 7) is 0.973. The van der Waals surface area contributed by atoms with Crippen molar-refractivity contribution in [1.29, 1.82) is 0 Å². The lowest BCUT2D eigenvalue weighted by Gasteiger charge is -2.17. The molecule has 1 unspecified atom stereocenters. The Balaban J connectivity index is 2.29. The molecule has 1 fully saturated rings. The third-order valence-corrected chi connectivity index (χ3v) is 3.45. The molecule has 1 aromatic heterocycles. The number of carbonyl (C=O) groups is 2. The third kappa shape index (κ3) is 2.37. The number of nitrogens with zero attached hydrogens (tertiary/aromatic N) is 2. The summed E-state index contributed by atoms with van der Waals surface area (Å²) in [5.41, 5.74) is 5.63. The molecule has 0 saturated carbocycles. The van der Waals surface area contributed by atoms with E-state index in [1.165, 1.54) is 17.2 Å². The molecule has 2 rings (SSSR count). The SMILES string of the molecule is NCC1CC(=O)N(c2ncc(C(=O)O)cc2Br)C1. The molecule has 0 radical (unpaired) electrons. The Bertz CT molecular complexity index is 506. The molecule has 1 aliphatic heterocycles. The molecule has 7 heteroatoms. The van der Waals surface area contributed by atoms with Crippen LogP contribution >= 0.6 is 15.9 Å². The number of carboxylic acids is 1. The minimum Gasteiger partial charge on any atom is -0.478 e. The van der Waals surface area contributed by atoms with E-state index in [0.717, 1.165) is 0 Å². The molecule has 0 spiro atoms. The van der Waals surface area contributed by atoms with E-state index in [1.807, 2.05) is 0 Å². The van der Waals surface area contributed by atoms with Crippen LogP contribution in [0.3, 0.4) is 0 Å². The van der Waals surface area contributed by atoms with Gasteiger partial charge in [-0.3, -0.25) is 9.69 Å². The Kier molecular flexibility index (Phi) is 3.63. The zero-order valence-corrected chi connectivity index (χ0v) is 11.1. The fourth-order valence-corrected chi connectivity index (χ4v) is 2.45. The van der Waals surface area contributed by atoms with Crippen molar-refractivity contribution in [2.75, 3.05) is 18.0 Å². The van der Waals surface area contributed by atoms with E-state index < -0.39 is 5.97 Å². The molecule has 96 valence electrons. The molecule has 1 saturated heterocycles. The van der Waals surface area contributed by atoms with Crippen LogP contribution in [0.5, 0.6) is 0 Å². The first-order valence-electron chi connectivity index (χ1n) is 5.42. The summed E-state index contributed by atoms with van der Waals surface area (Å²) >= 11 is 3.24. The highest BCUT2D eigenvalue weighted by Crippen LogP contribution is 2.29. The van der Waals surface area contributed by atoms with Crippen molar-refractivity contribution >= 4 is 33.6 Å². The maximum atomic E-state index is 11.8. The first-order valence-corrected chi connectivity index (χ1v) is 6.21. The second-order valence-corrected chi connectivity index (χ2v) is 5.00. The fourth-order valence-electron chi connectivity index (χ4n) is 1.89. The van der Waals surface area contributed by atoms with E-state index in [4.69, 9.17) is 10.8 Å². The van der Waals surface area contributed by atoms with E-state index in [0.29, 0.717) is 29.8 Å². The van der Waals surface area contributed by atoms with Crippen molar-refractivity contribution < 1.29 is 14.7 Å². The van der Waals surface area contributed by atoms with Gasteiger partial charge in [-0.05, 0) is 34.5 Å². The summed E-state index contributed by atoms with van der Waals surface area (Å²) < 4.78 is 0.494. The zero-order chi connectivity index (χ0) is 13.3. The van der Waals surface area contributed by atoms with Gasteiger partial charge >= 0.3 is 5.97 Å². The van der Waals surface area contributed by atoms with Gasteiger partial charge in [0.2, 0.25) is 5.91 Å². The van der Waals surface area contributed by atoms with Crippen LogP contribution in [0.4, 0.5) is 5.82 Å². The number of nitrogens with two attached hydrogens (primary N) is 1. The normalized spacial score (nSPS) is 19.3. The number of carboxylic acid groups (broad SMARTS) is 1. The molecule has 0 bridgehead atoms. The summed E-state index contributed by atoms with van der Waals surface area (Å²) in [6, 6.07) is 1.44. The highest BCUT2D eigenvalue weighted by atomic mass is 79.9. The predicted octanol–water partition coefficient (Wildman–Crippen LogP) is 0.854. The lowest BCUT2D eigenvalue weighted by atomic mass is 10.1. The van der Waals surface area contributed by atoms with Gasteiger partial charge < -0.3 is 10.8 Å². The summed E-state index contributed by atoms with van der Waals surface area (Å²) in [5, 5.41) is 8.84. The number of rotatable bonds is 3. The number of halogens is 1. The maximum absolute atomic E-state index is 11.8. The Morgan fingerprint density at radius 3 is 2.89 bits per heavy atom. The second kappa shape index (κ2) is 5.03. The van der Waals surface area contributed by atoms with Gasteiger partial charge in [-0.15, -0.1) is 0 Å². The Labute approximate surface area is 112 Å². The molecular weight excluding hydrogens is 302 g/mol. The van der Waals surface area contributed by atoms with E-state index >= 15 is 0 Å². The number of hydrogen-bond acceptors (Lipinski definition) is 4. The molecule has 1 aliphatic rings. The van der Waals surface area contributed by atoms with Crippen LogP contribution < -0.4 is 10.6 Å². The number of aromatic carboxylic acids is 1. The highest BCUT2D eigenvalue weighted by Gasteiger charge is 2.31. The summed E-state index contributed by atoms with van der Waals surface area (Å²) in [7, 11) is 0. The lowest BCUT2D eigenvalue weighted by Crippen LogP contribution is -2.27. The van der Waals surface area contributed by atoms with Crippen LogP contribution in [0, 0.1) is 5.92 Å². The molecule has 1 amide bonds. The highest BCUT2D eigenvalue weighted by molar-refractivity contribution is 9.10. The van der Waals surface area contributed by atoms with Crippen LogP contribution in [0.1, 0.15) is 16.8 Å². The smallest absolute Gasteiger partial charge is 0.337 e. The Hall–Kier alpha value is -1.47. The standard InChI is InChI=1S/C11H12BrN3O3/c12-8-2-7(11(17)18)4-14-10(8)15-5-6(3-13)1-9(15)16/h2,4,6H,1,3,5,13H2,(H,17,18). The lowest BCUT2D eigenvalue weighted by molar-refractivity contribution is -0.117. The van der Waals surface area contributed by atoms with Gasteiger partial charge in [-0.2, -0.15) is 0 Å². The van der Waals surface area contributed by atoms with Gasteiger partial charge in [0.1, 0.15) is 5.82 Å². The molecule has 2 heterocycles. The van der Waals surface area contributed by atoms with Crippen LogP contribution in [-0.4, -0.2) is 35.1 Å². The summed E-state index contributed by atoms with van der Waals surface area (Å²) in [5.74, 6) is -0.518. The molecule has 18 heavy (non-hydrogen) atoms. The van der Waals surface area contributed by atoms with Crippen molar-refractivity contribution in [3.05, 3.63) is 22.3 Å². The number of carbonyl (C=O) groups excluding carboxylic acids is 1. The second-order valence-electron chi connectivity index (χ2n) is 4.14. The Morgan fingerprint density at radius 1 is 1.67 bits per heavy atom. The van der Waals surface area contributed by atoms with Crippen LogP contribution in [0.25, 0.3) is 0 Å². The minimum absolute atomic E-state index is 0.0401. The largest absolute Gasteiger partial charge is 0.478 e. The number of amides is 1. The average Bonchev–Trinajstić information content (AvgIpc) is 2.70. The molecule has 0 aliphatic carbocycles. The van der Waals surface area contributed by atoms with Crippen molar-refractivity contribution in [1.82, 2.24) is 4.98 Å². The zero-order valence-electron chi connectivity index (χ0n) is 9.47. The van der Waals surface area contributed by atoms with Gasteiger partial charge in [0, 0.05) is 19.2 Å². The molecule has 1 aromatic rings. The first-order chi connectivity index (χ1) is 8.52. The van der Waals surface area contributed by atoms with E-state index in [9.17, 15) is 9.59 Å². The molecule has 1 atom stereocenters. The first kappa shape index (κ1) is 13.0. The van der Waals surface area contributed by atoms with Gasteiger partial charge in [-0.1, -0.05) is 0 Å². The summed E-state index contributed by atoms with van der Waals surface area (Å²) in [4.78, 5) is 28.2. The monoisotopic (exact) mass is 313 g/mol. The third-order valence-electron chi connectivity index (χ3n) is 2.86. The molecule has 6 nitrogen and oxygen atoms in total. The Morgan fingerprint density at radius 2 is 2.39 bits per heavy atom. The minimum atomic E-state index is -1.05. The number of hydrogen-bond donors (Lipinski definition) is 2. The molecule has 0 aromatic carbocycles. The van der Waals surface area contributed by atoms with Gasteiger partial charge in [-0.25, -0.2) is 9.78 Å². The van der Waals surface area contributed by atoms with Gasteiger partial charge in [0.25, 0.3) is 0 Å². The maximum Gasteiger partial charge on any atom is 0.337 e. The van der Waals surface area contributed by atoms with E-state index in [2.05, 4.69) is 20.9 Å². The number of pyridine rings is 1. The van der Waals surface area contributed by atoms with Crippen molar-refractivity contribution in [3.63, 3.8) is 0 Å². The van der Waals surface area contributed by atoms with Crippen molar-refractivity contribution in [2.45, 2.75) is 6.42 Å². The molecular formula is C11H12BrN3O3. The topological polar surface area (TPSA) is 96.5 Å². The van der Waals surface area contributed by atoms with Crippen LogP contribution in [-0.2, 0) is 4.79 Å². The van der Waals surface area contributed by atoms with Gasteiger partial charge in [0.05, 0.1) is 10.0 Å². The van der Waals surface area contributed by atoms with E-state index in [1.54, 1.807) is 0 Å².